The molecule has 0 fully saturated rings. The van der Waals surface area contributed by atoms with Crippen LogP contribution in [0.2, 0.25) is 0 Å². The molecule has 0 amide bonds. The van der Waals surface area contributed by atoms with E-state index in [0.29, 0.717) is 5.69 Å². The van der Waals surface area contributed by atoms with Crippen LogP contribution in [0.25, 0.3) is 11.4 Å². The fourth-order valence-electron chi connectivity index (χ4n) is 1.18. The van der Waals surface area contributed by atoms with Gasteiger partial charge in [0, 0.05) is 10.9 Å². The molecule has 2 aromatic heterocycles. The second kappa shape index (κ2) is 2.88. The van der Waals surface area contributed by atoms with Crippen LogP contribution in [0.15, 0.2) is 10.8 Å². The highest BCUT2D eigenvalue weighted by Gasteiger charge is 2.09. The molecule has 4 heteroatoms. The molecule has 2 rings (SSSR count). The Labute approximate surface area is 80.1 Å². The molecule has 13 heavy (non-hydrogen) atoms. The molecule has 2 N–H and O–H groups in total. The predicted molar refractivity (Wildman–Crippen MR) is 53.0 cm³/mol. The fourth-order valence-corrected chi connectivity index (χ4v) is 2.01. The van der Waals surface area contributed by atoms with Gasteiger partial charge in [0.1, 0.15) is 5.82 Å². The maximum absolute atomic E-state index is 9.29. The maximum Gasteiger partial charge on any atom is 0.232 e. The molecule has 0 aliphatic heterocycles. The lowest BCUT2D eigenvalue weighted by Gasteiger charge is -1.92. The summed E-state index contributed by atoms with van der Waals surface area (Å²) in [6.45, 7) is 3.83. The second-order valence-corrected chi connectivity index (χ2v) is 3.75. The highest BCUT2D eigenvalue weighted by molar-refractivity contribution is 7.08. The molecule has 0 unspecified atom stereocenters. The van der Waals surface area contributed by atoms with Crippen LogP contribution in [0.5, 0.6) is 5.88 Å². The van der Waals surface area contributed by atoms with Crippen molar-refractivity contribution in [2.45, 2.75) is 13.8 Å². The molecule has 0 atom stereocenters. The van der Waals surface area contributed by atoms with Crippen molar-refractivity contribution in [2.75, 3.05) is 0 Å². The first-order chi connectivity index (χ1) is 6.18. The third-order valence-electron chi connectivity index (χ3n) is 1.97. The molecule has 3 nitrogen and oxygen atoms in total. The van der Waals surface area contributed by atoms with Gasteiger partial charge in [-0.3, -0.25) is 0 Å². The maximum atomic E-state index is 9.29. The zero-order valence-electron chi connectivity index (χ0n) is 7.46. The molecular weight excluding hydrogens is 184 g/mol. The van der Waals surface area contributed by atoms with Crippen LogP contribution in [0.4, 0.5) is 0 Å². The molecule has 0 aliphatic rings. The zero-order valence-corrected chi connectivity index (χ0v) is 8.27. The van der Waals surface area contributed by atoms with Gasteiger partial charge in [-0.15, -0.1) is 0 Å². The van der Waals surface area contributed by atoms with Gasteiger partial charge in [0.05, 0.1) is 5.69 Å². The molecular formula is C9H10N2OS. The third kappa shape index (κ3) is 1.33. The minimum Gasteiger partial charge on any atom is -0.492 e. The number of nitrogens with one attached hydrogen (secondary N) is 1. The van der Waals surface area contributed by atoms with E-state index in [2.05, 4.69) is 15.3 Å². The van der Waals surface area contributed by atoms with Crippen molar-refractivity contribution in [2.24, 2.45) is 0 Å². The summed E-state index contributed by atoms with van der Waals surface area (Å²) in [5.74, 6) is 0.828. The van der Waals surface area contributed by atoms with Gasteiger partial charge in [-0.2, -0.15) is 16.3 Å². The number of aryl methyl sites for hydroxylation is 2. The molecule has 0 spiro atoms. The van der Waals surface area contributed by atoms with E-state index in [0.717, 1.165) is 11.4 Å². The topological polar surface area (TPSA) is 48.9 Å². The summed E-state index contributed by atoms with van der Waals surface area (Å²) >= 11 is 1.63. The minimum absolute atomic E-state index is 0.0839. The predicted octanol–water partition coefficient (Wildman–Crippen LogP) is 2.46. The van der Waals surface area contributed by atoms with Gasteiger partial charge in [0.15, 0.2) is 0 Å². The first-order valence-electron chi connectivity index (χ1n) is 3.97. The van der Waals surface area contributed by atoms with E-state index >= 15 is 0 Å². The van der Waals surface area contributed by atoms with E-state index in [1.165, 1.54) is 5.56 Å². The monoisotopic (exact) mass is 194 g/mol. The molecule has 0 aromatic carbocycles. The number of hydrogen-bond acceptors (Lipinski definition) is 3. The van der Waals surface area contributed by atoms with E-state index < -0.39 is 0 Å². The average molecular weight is 194 g/mol. The van der Waals surface area contributed by atoms with Gasteiger partial charge in [-0.1, -0.05) is 0 Å². The quantitative estimate of drug-likeness (QED) is 0.732. The molecule has 68 valence electrons. The van der Waals surface area contributed by atoms with Crippen molar-refractivity contribution in [1.82, 2.24) is 9.97 Å². The number of aromatic amines is 1. The number of aromatic hydroxyl groups is 1. The lowest BCUT2D eigenvalue weighted by atomic mass is 10.2. The second-order valence-electron chi connectivity index (χ2n) is 3.00. The number of hydrogen-bond donors (Lipinski definition) is 2. The molecule has 2 aromatic rings. The molecule has 2 heterocycles. The standard InChI is InChI=1S/C9H10N2OS/c1-5-3-13-4-7(5)8-10-6(2)9(12)11-8/h3-4,12H,1-2H3,(H,10,11). The molecule has 0 saturated heterocycles. The van der Waals surface area contributed by atoms with Crippen LogP contribution in [0.1, 0.15) is 11.3 Å². The van der Waals surface area contributed by atoms with Gasteiger partial charge in [-0.25, -0.2) is 0 Å². The molecule has 0 saturated carbocycles. The zero-order chi connectivity index (χ0) is 9.42. The highest BCUT2D eigenvalue weighted by atomic mass is 32.1. The number of nitrogens with zero attached hydrogens (tertiary/aromatic N) is 1. The lowest BCUT2D eigenvalue weighted by Crippen LogP contribution is -1.79. The fraction of sp³-hybridized carbons (Fsp3) is 0.222. The Morgan fingerprint density at radius 1 is 1.38 bits per heavy atom. The van der Waals surface area contributed by atoms with Gasteiger partial charge in [0.2, 0.25) is 5.88 Å². The van der Waals surface area contributed by atoms with Gasteiger partial charge in [0.25, 0.3) is 0 Å². The Bertz CT molecular complexity index is 411. The summed E-state index contributed by atoms with van der Waals surface area (Å²) in [5, 5.41) is 13.4. The van der Waals surface area contributed by atoms with Crippen molar-refractivity contribution >= 4 is 11.3 Å². The smallest absolute Gasteiger partial charge is 0.232 e. The Balaban J connectivity index is 2.53. The summed E-state index contributed by atoms with van der Waals surface area (Å²) in [5.41, 5.74) is 2.95. The van der Waals surface area contributed by atoms with Crippen LogP contribution in [-0.2, 0) is 0 Å². The van der Waals surface area contributed by atoms with Gasteiger partial charge < -0.3 is 10.1 Å². The highest BCUT2D eigenvalue weighted by Crippen LogP contribution is 2.26. The Kier molecular flexibility index (Phi) is 1.84. The summed E-state index contributed by atoms with van der Waals surface area (Å²) < 4.78 is 0. The summed E-state index contributed by atoms with van der Waals surface area (Å²) in [4.78, 5) is 7.05. The van der Waals surface area contributed by atoms with Crippen LogP contribution >= 0.6 is 11.3 Å². The van der Waals surface area contributed by atoms with E-state index in [9.17, 15) is 5.11 Å². The minimum atomic E-state index is 0.0839. The van der Waals surface area contributed by atoms with E-state index in [1.54, 1.807) is 18.3 Å². The Morgan fingerprint density at radius 2 is 2.15 bits per heavy atom. The number of imidazole rings is 1. The van der Waals surface area contributed by atoms with Crippen molar-refractivity contribution in [3.8, 4) is 17.3 Å². The SMILES string of the molecule is Cc1cscc1-c1nc(O)c(C)[nH]1. The third-order valence-corrected chi connectivity index (χ3v) is 2.83. The lowest BCUT2D eigenvalue weighted by molar-refractivity contribution is 0.452. The first kappa shape index (κ1) is 8.31. The van der Waals surface area contributed by atoms with Crippen LogP contribution in [0.3, 0.4) is 0 Å². The Hall–Kier alpha value is -1.29. The van der Waals surface area contributed by atoms with E-state index in [1.807, 2.05) is 12.3 Å². The average Bonchev–Trinajstić information content (AvgIpc) is 2.60. The summed E-state index contributed by atoms with van der Waals surface area (Å²) in [7, 11) is 0. The van der Waals surface area contributed by atoms with Crippen molar-refractivity contribution in [3.05, 3.63) is 22.0 Å². The van der Waals surface area contributed by atoms with E-state index in [-0.39, 0.29) is 5.88 Å². The first-order valence-corrected chi connectivity index (χ1v) is 4.91. The van der Waals surface area contributed by atoms with Crippen LogP contribution < -0.4 is 0 Å². The van der Waals surface area contributed by atoms with Gasteiger partial charge >= 0.3 is 0 Å². The van der Waals surface area contributed by atoms with Crippen LogP contribution in [-0.4, -0.2) is 15.1 Å². The molecule has 0 bridgehead atoms. The number of rotatable bonds is 1. The van der Waals surface area contributed by atoms with Gasteiger partial charge in [-0.05, 0) is 24.8 Å². The normalized spacial score (nSPS) is 10.6. The van der Waals surface area contributed by atoms with Crippen molar-refractivity contribution < 1.29 is 5.11 Å². The summed E-state index contributed by atoms with van der Waals surface area (Å²) in [6.07, 6.45) is 0. The molecule has 0 aliphatic carbocycles. The number of H-pyrrole nitrogens is 1. The Morgan fingerprint density at radius 3 is 2.62 bits per heavy atom. The van der Waals surface area contributed by atoms with Crippen molar-refractivity contribution in [1.29, 1.82) is 0 Å². The molecule has 0 radical (unpaired) electrons. The van der Waals surface area contributed by atoms with Crippen LogP contribution in [0, 0.1) is 13.8 Å². The number of thiophene rings is 1. The van der Waals surface area contributed by atoms with Crippen molar-refractivity contribution in [3.63, 3.8) is 0 Å². The summed E-state index contributed by atoms with van der Waals surface area (Å²) in [6, 6.07) is 0. The largest absolute Gasteiger partial charge is 0.492 e. The number of aromatic nitrogens is 2. The van der Waals surface area contributed by atoms with E-state index in [4.69, 9.17) is 0 Å².